The van der Waals surface area contributed by atoms with Gasteiger partial charge in [0, 0.05) is 32.4 Å². The average Bonchev–Trinajstić information content (AvgIpc) is 3.36. The average molecular weight is 569 g/mol. The van der Waals surface area contributed by atoms with E-state index in [4.69, 9.17) is 0 Å². The molecule has 3 aliphatic rings. The second kappa shape index (κ2) is 8.50. The summed E-state index contributed by atoms with van der Waals surface area (Å²) in [7, 11) is 0. The first-order valence-corrected chi connectivity index (χ1v) is 13.7. The van der Waals surface area contributed by atoms with E-state index in [1.165, 1.54) is 0 Å². The fourth-order valence-corrected chi connectivity index (χ4v) is 6.89. The van der Waals surface area contributed by atoms with Gasteiger partial charge in [-0.1, -0.05) is 91.3 Å². The summed E-state index contributed by atoms with van der Waals surface area (Å²) in [5.74, 6) is -1.43. The van der Waals surface area contributed by atoms with Gasteiger partial charge in [-0.25, -0.2) is 0 Å². The largest absolute Gasteiger partial charge is 0.352 e. The number of halogens is 1. The summed E-state index contributed by atoms with van der Waals surface area (Å²) in [6.45, 7) is 7.69. The Bertz CT molecular complexity index is 1530. The van der Waals surface area contributed by atoms with Crippen molar-refractivity contribution in [2.45, 2.75) is 45.2 Å². The van der Waals surface area contributed by atoms with Gasteiger partial charge >= 0.3 is 0 Å². The predicted molar refractivity (Wildman–Crippen MR) is 153 cm³/mol. The van der Waals surface area contributed by atoms with Crippen molar-refractivity contribution in [3.63, 3.8) is 0 Å². The SMILES string of the molecule is CC1=C[C@H]2N(c3ccccc31)[C@@H](C(=O)C(C)(C)C)[C@@H](C(=O)c1ccc(Br)cc1)[C@@]21C(=O)Nc2ccccc21. The van der Waals surface area contributed by atoms with Crippen LogP contribution < -0.4 is 10.2 Å². The van der Waals surface area contributed by atoms with Crippen LogP contribution >= 0.6 is 15.9 Å². The Morgan fingerprint density at radius 3 is 2.32 bits per heavy atom. The number of nitrogens with one attached hydrogen (secondary N) is 1. The Morgan fingerprint density at radius 1 is 0.947 bits per heavy atom. The molecule has 5 nitrogen and oxygen atoms in total. The van der Waals surface area contributed by atoms with Gasteiger partial charge in [0.25, 0.3) is 0 Å². The van der Waals surface area contributed by atoms with Crippen molar-refractivity contribution in [2.24, 2.45) is 11.3 Å². The van der Waals surface area contributed by atoms with E-state index in [1.54, 1.807) is 12.1 Å². The molecule has 38 heavy (non-hydrogen) atoms. The standard InChI is InChI=1S/C32H29BrN2O3/c1-18-17-25-32(22-10-6-7-11-23(22)34-30(32)38)26(28(36)19-13-15-20(33)16-14-19)27(29(37)31(2,3)4)35(25)24-12-8-5-9-21(18)24/h5-17,25-27H,1-4H3,(H,34,38)/t25-,26+,27-,32+/m1/s1. The number of fused-ring (bicyclic) bond motifs is 6. The molecule has 192 valence electrons. The summed E-state index contributed by atoms with van der Waals surface area (Å²) in [5, 5.41) is 3.08. The van der Waals surface area contributed by atoms with Gasteiger partial charge in [-0.15, -0.1) is 0 Å². The number of benzene rings is 3. The number of hydrogen-bond acceptors (Lipinski definition) is 4. The number of amides is 1. The van der Waals surface area contributed by atoms with Crippen LogP contribution in [-0.2, 0) is 15.0 Å². The first-order valence-electron chi connectivity index (χ1n) is 12.9. The van der Waals surface area contributed by atoms with Gasteiger partial charge in [0.05, 0.1) is 12.0 Å². The number of carbonyl (C=O) groups excluding carboxylic acids is 3. The number of nitrogens with zero attached hydrogens (tertiary/aromatic N) is 1. The smallest absolute Gasteiger partial charge is 0.238 e. The highest BCUT2D eigenvalue weighted by Gasteiger charge is 2.71. The topological polar surface area (TPSA) is 66.5 Å². The zero-order valence-electron chi connectivity index (χ0n) is 21.8. The lowest BCUT2D eigenvalue weighted by Gasteiger charge is -2.39. The van der Waals surface area contributed by atoms with E-state index in [1.807, 2.05) is 88.4 Å². The zero-order chi connectivity index (χ0) is 27.0. The third kappa shape index (κ3) is 3.32. The molecule has 3 aromatic carbocycles. The van der Waals surface area contributed by atoms with Crippen molar-refractivity contribution in [2.75, 3.05) is 10.2 Å². The molecule has 0 bridgehead atoms. The van der Waals surface area contributed by atoms with Gasteiger partial charge in [-0.05, 0) is 42.3 Å². The molecule has 0 unspecified atom stereocenters. The van der Waals surface area contributed by atoms with Crippen LogP contribution in [0.2, 0.25) is 0 Å². The van der Waals surface area contributed by atoms with Crippen LogP contribution in [0, 0.1) is 11.3 Å². The highest BCUT2D eigenvalue weighted by molar-refractivity contribution is 9.10. The number of carbonyl (C=O) groups is 3. The lowest BCUT2D eigenvalue weighted by Crippen LogP contribution is -2.51. The predicted octanol–water partition coefficient (Wildman–Crippen LogP) is 6.43. The van der Waals surface area contributed by atoms with Gasteiger partial charge in [0.15, 0.2) is 11.6 Å². The van der Waals surface area contributed by atoms with E-state index in [0.29, 0.717) is 11.3 Å². The highest BCUT2D eigenvalue weighted by atomic mass is 79.9. The Balaban J connectivity index is 1.70. The number of para-hydroxylation sites is 2. The third-order valence-electron chi connectivity index (χ3n) is 8.30. The van der Waals surface area contributed by atoms with Crippen LogP contribution in [0.1, 0.15) is 49.2 Å². The molecule has 4 atom stereocenters. The van der Waals surface area contributed by atoms with E-state index in [2.05, 4.69) is 32.2 Å². The Labute approximate surface area is 231 Å². The van der Waals surface area contributed by atoms with Crippen molar-refractivity contribution < 1.29 is 14.4 Å². The molecular weight excluding hydrogens is 540 g/mol. The first kappa shape index (κ1) is 24.8. The molecule has 1 N–H and O–H groups in total. The molecule has 0 aromatic heterocycles. The van der Waals surface area contributed by atoms with Crippen LogP contribution in [0.5, 0.6) is 0 Å². The van der Waals surface area contributed by atoms with Crippen LogP contribution in [0.25, 0.3) is 5.57 Å². The van der Waals surface area contributed by atoms with Crippen molar-refractivity contribution >= 4 is 50.4 Å². The summed E-state index contributed by atoms with van der Waals surface area (Å²) >= 11 is 3.46. The van der Waals surface area contributed by atoms with Gasteiger partial charge in [0.1, 0.15) is 11.5 Å². The van der Waals surface area contributed by atoms with Crippen LogP contribution in [0.15, 0.2) is 83.3 Å². The van der Waals surface area contributed by atoms with E-state index in [0.717, 1.165) is 26.9 Å². The Morgan fingerprint density at radius 2 is 1.61 bits per heavy atom. The zero-order valence-corrected chi connectivity index (χ0v) is 23.4. The van der Waals surface area contributed by atoms with Crippen LogP contribution in [-0.4, -0.2) is 29.6 Å². The molecule has 3 aliphatic heterocycles. The minimum Gasteiger partial charge on any atom is -0.352 e. The normalized spacial score (nSPS) is 25.4. The maximum absolute atomic E-state index is 14.7. The number of ketones is 2. The number of rotatable bonds is 3. The van der Waals surface area contributed by atoms with Crippen molar-refractivity contribution in [3.8, 4) is 0 Å². The lowest BCUT2D eigenvalue weighted by molar-refractivity contribution is -0.128. The maximum atomic E-state index is 14.7. The summed E-state index contributed by atoms with van der Waals surface area (Å²) in [6, 6.07) is 21.4. The number of anilines is 2. The van der Waals surface area contributed by atoms with Gasteiger partial charge < -0.3 is 10.2 Å². The van der Waals surface area contributed by atoms with E-state index in [-0.39, 0.29) is 17.5 Å². The molecule has 1 spiro atoms. The van der Waals surface area contributed by atoms with Gasteiger partial charge in [-0.3, -0.25) is 14.4 Å². The third-order valence-corrected chi connectivity index (χ3v) is 8.83. The number of hydrogen-bond donors (Lipinski definition) is 1. The summed E-state index contributed by atoms with van der Waals surface area (Å²) in [4.78, 5) is 45.5. The molecule has 6 heteroatoms. The second-order valence-electron chi connectivity index (χ2n) is 11.5. The van der Waals surface area contributed by atoms with Crippen LogP contribution in [0.3, 0.4) is 0 Å². The van der Waals surface area contributed by atoms with E-state index < -0.39 is 28.8 Å². The van der Waals surface area contributed by atoms with E-state index in [9.17, 15) is 14.4 Å². The lowest BCUT2D eigenvalue weighted by atomic mass is 9.63. The number of allylic oxidation sites excluding steroid dienone is 1. The molecule has 3 heterocycles. The summed E-state index contributed by atoms with van der Waals surface area (Å²) in [6.07, 6.45) is 2.09. The molecular formula is C32H29BrN2O3. The van der Waals surface area contributed by atoms with E-state index >= 15 is 0 Å². The molecule has 0 aliphatic carbocycles. The highest BCUT2D eigenvalue weighted by Crippen LogP contribution is 2.59. The molecule has 0 radical (unpaired) electrons. The van der Waals surface area contributed by atoms with Gasteiger partial charge in [-0.2, -0.15) is 0 Å². The Hall–Kier alpha value is -3.51. The summed E-state index contributed by atoms with van der Waals surface area (Å²) in [5.41, 5.74) is 2.84. The molecule has 1 saturated heterocycles. The Kier molecular flexibility index (Phi) is 5.55. The minimum absolute atomic E-state index is 0.0604. The number of Topliss-reactive ketones (excluding diaryl/α,β-unsaturated/α-hetero) is 2. The quantitative estimate of drug-likeness (QED) is 0.370. The second-order valence-corrected chi connectivity index (χ2v) is 12.4. The molecule has 0 saturated carbocycles. The molecule has 1 amide bonds. The van der Waals surface area contributed by atoms with Crippen molar-refractivity contribution in [1.82, 2.24) is 0 Å². The molecule has 3 aromatic rings. The molecule has 6 rings (SSSR count). The fourth-order valence-electron chi connectivity index (χ4n) is 6.62. The maximum Gasteiger partial charge on any atom is 0.238 e. The fraction of sp³-hybridized carbons (Fsp3) is 0.281. The van der Waals surface area contributed by atoms with Crippen LogP contribution in [0.4, 0.5) is 11.4 Å². The minimum atomic E-state index is -1.28. The van der Waals surface area contributed by atoms with Gasteiger partial charge in [0.2, 0.25) is 5.91 Å². The first-order chi connectivity index (χ1) is 18.1. The van der Waals surface area contributed by atoms with Crippen molar-refractivity contribution in [3.05, 3.63) is 100 Å². The monoisotopic (exact) mass is 568 g/mol. The summed E-state index contributed by atoms with van der Waals surface area (Å²) < 4.78 is 0.853. The van der Waals surface area contributed by atoms with Crippen molar-refractivity contribution in [1.29, 1.82) is 0 Å². The molecule has 1 fully saturated rings.